The number of carbonyl (C=O) groups excluding carboxylic acids is 1. The van der Waals surface area contributed by atoms with E-state index >= 15 is 0 Å². The van der Waals surface area contributed by atoms with Crippen LogP contribution in [-0.2, 0) is 0 Å². The van der Waals surface area contributed by atoms with Gasteiger partial charge in [-0.15, -0.1) is 0 Å². The zero-order chi connectivity index (χ0) is 11.7. The van der Waals surface area contributed by atoms with E-state index in [-0.39, 0.29) is 5.92 Å². The van der Waals surface area contributed by atoms with E-state index in [2.05, 4.69) is 12.1 Å². The van der Waals surface area contributed by atoms with Gasteiger partial charge in [0.1, 0.15) is 0 Å². The van der Waals surface area contributed by atoms with Crippen LogP contribution in [0.1, 0.15) is 47.5 Å². The zero-order valence-electron chi connectivity index (χ0n) is 10.0. The molecule has 1 aliphatic heterocycles. The largest absolute Gasteiger partial charge is 0.294 e. The number of thioether (sulfide) groups is 1. The van der Waals surface area contributed by atoms with Crippen LogP contribution in [-0.4, -0.2) is 17.3 Å². The fourth-order valence-electron chi connectivity index (χ4n) is 2.64. The lowest BCUT2D eigenvalue weighted by molar-refractivity contribution is 0.0933. The SMILES string of the molecule is O=C(c1ccc(C2CCC2)cc1)C1CCSC1. The van der Waals surface area contributed by atoms with Gasteiger partial charge in [-0.3, -0.25) is 4.79 Å². The average molecular weight is 246 g/mol. The number of hydrogen-bond donors (Lipinski definition) is 0. The van der Waals surface area contributed by atoms with Crippen molar-refractivity contribution in [3.8, 4) is 0 Å². The molecule has 1 aromatic carbocycles. The highest BCUT2D eigenvalue weighted by molar-refractivity contribution is 7.99. The van der Waals surface area contributed by atoms with Gasteiger partial charge in [0, 0.05) is 17.2 Å². The number of Topliss-reactive ketones (excluding diaryl/α,β-unsaturated/α-hetero) is 1. The number of rotatable bonds is 3. The molecule has 1 aromatic rings. The monoisotopic (exact) mass is 246 g/mol. The second kappa shape index (κ2) is 4.85. The quantitative estimate of drug-likeness (QED) is 0.753. The normalized spacial score (nSPS) is 24.6. The minimum absolute atomic E-state index is 0.273. The first kappa shape index (κ1) is 11.3. The number of hydrogen-bond acceptors (Lipinski definition) is 2. The van der Waals surface area contributed by atoms with E-state index in [1.807, 2.05) is 23.9 Å². The maximum Gasteiger partial charge on any atom is 0.166 e. The van der Waals surface area contributed by atoms with Gasteiger partial charge >= 0.3 is 0 Å². The highest BCUT2D eigenvalue weighted by Gasteiger charge is 2.25. The van der Waals surface area contributed by atoms with E-state index in [9.17, 15) is 4.79 Å². The third-order valence-corrected chi connectivity index (χ3v) is 5.23. The molecule has 0 bridgehead atoms. The smallest absolute Gasteiger partial charge is 0.166 e. The first-order valence-electron chi connectivity index (χ1n) is 6.56. The van der Waals surface area contributed by atoms with Crippen LogP contribution in [0.3, 0.4) is 0 Å². The van der Waals surface area contributed by atoms with Crippen LogP contribution in [0.15, 0.2) is 24.3 Å². The highest BCUT2D eigenvalue weighted by atomic mass is 32.2. The molecule has 0 aromatic heterocycles. The first-order valence-corrected chi connectivity index (χ1v) is 7.72. The van der Waals surface area contributed by atoms with Crippen molar-refractivity contribution in [3.63, 3.8) is 0 Å². The Morgan fingerprint density at radius 1 is 1.12 bits per heavy atom. The van der Waals surface area contributed by atoms with Gasteiger partial charge in [-0.2, -0.15) is 11.8 Å². The van der Waals surface area contributed by atoms with E-state index < -0.39 is 0 Å². The van der Waals surface area contributed by atoms with Crippen LogP contribution in [0, 0.1) is 5.92 Å². The Morgan fingerprint density at radius 2 is 1.88 bits per heavy atom. The molecule has 1 aliphatic carbocycles. The van der Waals surface area contributed by atoms with Crippen molar-refractivity contribution >= 4 is 17.5 Å². The van der Waals surface area contributed by atoms with Gasteiger partial charge in [-0.1, -0.05) is 30.7 Å². The van der Waals surface area contributed by atoms with Gasteiger partial charge in [0.05, 0.1) is 0 Å². The molecule has 0 N–H and O–H groups in total. The van der Waals surface area contributed by atoms with Gasteiger partial charge in [-0.25, -0.2) is 0 Å². The van der Waals surface area contributed by atoms with E-state index in [0.717, 1.165) is 29.4 Å². The molecule has 90 valence electrons. The maximum absolute atomic E-state index is 12.2. The van der Waals surface area contributed by atoms with E-state index in [4.69, 9.17) is 0 Å². The van der Waals surface area contributed by atoms with Crippen LogP contribution in [0.2, 0.25) is 0 Å². The van der Waals surface area contributed by atoms with Gasteiger partial charge in [0.15, 0.2) is 5.78 Å². The van der Waals surface area contributed by atoms with Crippen molar-refractivity contribution in [1.82, 2.24) is 0 Å². The van der Waals surface area contributed by atoms with Crippen LogP contribution in [0.4, 0.5) is 0 Å². The fourth-order valence-corrected chi connectivity index (χ4v) is 3.86. The van der Waals surface area contributed by atoms with Crippen molar-refractivity contribution in [2.45, 2.75) is 31.6 Å². The minimum atomic E-state index is 0.273. The topological polar surface area (TPSA) is 17.1 Å². The third-order valence-electron chi connectivity index (χ3n) is 4.07. The van der Waals surface area contributed by atoms with Crippen LogP contribution < -0.4 is 0 Å². The Hall–Kier alpha value is -0.760. The molecule has 2 heteroatoms. The molecule has 1 unspecified atom stereocenters. The molecule has 3 rings (SSSR count). The number of ketones is 1. The Kier molecular flexibility index (Phi) is 3.24. The van der Waals surface area contributed by atoms with Crippen LogP contribution in [0.25, 0.3) is 0 Å². The molecule has 2 fully saturated rings. The maximum atomic E-state index is 12.2. The Balaban J connectivity index is 1.72. The van der Waals surface area contributed by atoms with Gasteiger partial charge in [-0.05, 0) is 36.5 Å². The van der Waals surface area contributed by atoms with Crippen molar-refractivity contribution in [3.05, 3.63) is 35.4 Å². The molecule has 2 aliphatic rings. The third kappa shape index (κ3) is 2.28. The summed E-state index contributed by atoms with van der Waals surface area (Å²) < 4.78 is 0. The molecule has 0 radical (unpaired) electrons. The van der Waals surface area contributed by atoms with E-state index in [1.54, 1.807) is 0 Å². The molecular weight excluding hydrogens is 228 g/mol. The lowest BCUT2D eigenvalue weighted by atomic mass is 9.79. The molecule has 0 amide bonds. The molecule has 17 heavy (non-hydrogen) atoms. The summed E-state index contributed by atoms with van der Waals surface area (Å²) in [4.78, 5) is 12.2. The Bertz CT molecular complexity index is 399. The summed E-state index contributed by atoms with van der Waals surface area (Å²) in [5.74, 6) is 3.56. The summed E-state index contributed by atoms with van der Waals surface area (Å²) in [6.45, 7) is 0. The molecular formula is C15H18OS. The molecule has 1 nitrogen and oxygen atoms in total. The van der Waals surface area contributed by atoms with Gasteiger partial charge in [0.2, 0.25) is 0 Å². The number of carbonyl (C=O) groups is 1. The second-order valence-corrected chi connectivity index (χ2v) is 6.32. The number of benzene rings is 1. The Labute approximate surface area is 107 Å². The minimum Gasteiger partial charge on any atom is -0.294 e. The fraction of sp³-hybridized carbons (Fsp3) is 0.533. The molecule has 1 saturated carbocycles. The summed E-state index contributed by atoms with van der Waals surface area (Å²) in [5, 5.41) is 0. The highest BCUT2D eigenvalue weighted by Crippen LogP contribution is 2.36. The van der Waals surface area contributed by atoms with Crippen molar-refractivity contribution in [2.24, 2.45) is 5.92 Å². The molecule has 1 heterocycles. The molecule has 0 spiro atoms. The van der Waals surface area contributed by atoms with Crippen LogP contribution in [0.5, 0.6) is 0 Å². The van der Waals surface area contributed by atoms with Crippen LogP contribution >= 0.6 is 11.8 Å². The van der Waals surface area contributed by atoms with Gasteiger partial charge in [0.25, 0.3) is 0 Å². The van der Waals surface area contributed by atoms with Gasteiger partial charge < -0.3 is 0 Å². The molecule has 1 saturated heterocycles. The summed E-state index contributed by atoms with van der Waals surface area (Å²) in [6.07, 6.45) is 5.08. The average Bonchev–Trinajstić information content (AvgIpc) is 2.80. The van der Waals surface area contributed by atoms with E-state index in [1.165, 1.54) is 24.8 Å². The predicted octanol–water partition coefficient (Wildman–Crippen LogP) is 3.89. The first-order chi connectivity index (χ1) is 8.34. The summed E-state index contributed by atoms with van der Waals surface area (Å²) >= 11 is 1.91. The summed E-state index contributed by atoms with van der Waals surface area (Å²) in [7, 11) is 0. The van der Waals surface area contributed by atoms with Crippen molar-refractivity contribution < 1.29 is 4.79 Å². The van der Waals surface area contributed by atoms with Crippen molar-refractivity contribution in [1.29, 1.82) is 0 Å². The Morgan fingerprint density at radius 3 is 2.41 bits per heavy atom. The second-order valence-electron chi connectivity index (χ2n) is 5.17. The molecule has 1 atom stereocenters. The zero-order valence-corrected chi connectivity index (χ0v) is 10.8. The lowest BCUT2D eigenvalue weighted by Gasteiger charge is -2.25. The lowest BCUT2D eigenvalue weighted by Crippen LogP contribution is -2.14. The predicted molar refractivity (Wildman–Crippen MR) is 72.8 cm³/mol. The standard InChI is InChI=1S/C15H18OS/c16-15(14-8-9-17-10-14)13-6-4-12(5-7-13)11-2-1-3-11/h4-7,11,14H,1-3,8-10H2. The summed E-state index contributed by atoms with van der Waals surface area (Å²) in [6, 6.07) is 8.41. The summed E-state index contributed by atoms with van der Waals surface area (Å²) in [5.41, 5.74) is 2.34. The van der Waals surface area contributed by atoms with E-state index in [0.29, 0.717) is 5.78 Å². The van der Waals surface area contributed by atoms with Crippen molar-refractivity contribution in [2.75, 3.05) is 11.5 Å².